The number of allylic oxidation sites excluding steroid dienone is 2. The quantitative estimate of drug-likeness (QED) is 0.823. The van der Waals surface area contributed by atoms with E-state index in [4.69, 9.17) is 0 Å². The third-order valence-corrected chi connectivity index (χ3v) is 4.48. The molecule has 1 aromatic heterocycles. The van der Waals surface area contributed by atoms with Gasteiger partial charge in [0, 0.05) is 18.7 Å². The number of hydrogen-bond donors (Lipinski definition) is 1. The van der Waals surface area contributed by atoms with Crippen molar-refractivity contribution in [3.63, 3.8) is 0 Å². The fourth-order valence-corrected chi connectivity index (χ4v) is 2.92. The van der Waals surface area contributed by atoms with Gasteiger partial charge in [0.25, 0.3) is 0 Å². The van der Waals surface area contributed by atoms with Crippen LogP contribution in [0.4, 0.5) is 0 Å². The van der Waals surface area contributed by atoms with E-state index in [9.17, 15) is 5.11 Å². The molecule has 1 atom stereocenters. The van der Waals surface area contributed by atoms with Crippen molar-refractivity contribution in [1.82, 2.24) is 19.9 Å². The largest absolute Gasteiger partial charge is 0.510 e. The van der Waals surface area contributed by atoms with Crippen molar-refractivity contribution < 1.29 is 5.11 Å². The summed E-state index contributed by atoms with van der Waals surface area (Å²) in [5, 5.41) is 18.3. The lowest BCUT2D eigenvalue weighted by atomic mass is 10.1. The molecule has 1 aliphatic heterocycles. The van der Waals surface area contributed by atoms with Crippen LogP contribution in [-0.2, 0) is 6.54 Å². The summed E-state index contributed by atoms with van der Waals surface area (Å²) in [5.41, 5.74) is 3.28. The van der Waals surface area contributed by atoms with E-state index >= 15 is 0 Å². The fraction of sp³-hybridized carbons (Fsp3) is 0.368. The van der Waals surface area contributed by atoms with Crippen molar-refractivity contribution in [3.8, 4) is 11.3 Å². The molecule has 0 amide bonds. The number of aryl methyl sites for hydroxylation is 2. The van der Waals surface area contributed by atoms with Crippen LogP contribution in [-0.4, -0.2) is 37.6 Å². The van der Waals surface area contributed by atoms with E-state index in [1.807, 2.05) is 42.2 Å². The topological polar surface area (TPSA) is 54.2 Å². The number of unbranched alkanes of at least 4 members (excludes halogenated alkanes) is 1. The molecule has 1 N–H and O–H groups in total. The molecule has 3 rings (SSSR count). The molecular formula is C19H24N4O. The first kappa shape index (κ1) is 16.3. The number of aliphatic hydroxyl groups excluding tert-OH is 1. The number of aromatic nitrogens is 3. The normalized spacial score (nSPS) is 17.2. The highest BCUT2D eigenvalue weighted by molar-refractivity contribution is 5.61. The highest BCUT2D eigenvalue weighted by Gasteiger charge is 2.15. The van der Waals surface area contributed by atoms with E-state index in [1.54, 1.807) is 6.08 Å². The zero-order valence-corrected chi connectivity index (χ0v) is 14.3. The van der Waals surface area contributed by atoms with Crippen LogP contribution < -0.4 is 0 Å². The van der Waals surface area contributed by atoms with Gasteiger partial charge < -0.3 is 10.0 Å². The molecular weight excluding hydrogens is 300 g/mol. The third-order valence-electron chi connectivity index (χ3n) is 4.48. The minimum atomic E-state index is 0.0639. The zero-order valence-electron chi connectivity index (χ0n) is 14.3. The Morgan fingerprint density at radius 3 is 2.79 bits per heavy atom. The highest BCUT2D eigenvalue weighted by atomic mass is 16.3. The number of benzene rings is 1. The second kappa shape index (κ2) is 7.34. The molecule has 24 heavy (non-hydrogen) atoms. The third kappa shape index (κ3) is 3.67. The molecule has 0 saturated heterocycles. The van der Waals surface area contributed by atoms with Gasteiger partial charge in [0.2, 0.25) is 0 Å². The molecule has 5 nitrogen and oxygen atoms in total. The average molecular weight is 324 g/mol. The van der Waals surface area contributed by atoms with Gasteiger partial charge in [0.1, 0.15) is 11.5 Å². The second-order valence-electron chi connectivity index (χ2n) is 6.24. The van der Waals surface area contributed by atoms with Gasteiger partial charge in [0.05, 0.1) is 12.2 Å². The van der Waals surface area contributed by atoms with Crippen LogP contribution in [0.15, 0.2) is 54.6 Å². The van der Waals surface area contributed by atoms with E-state index in [0.29, 0.717) is 5.76 Å². The van der Waals surface area contributed by atoms with Crippen LogP contribution in [0.25, 0.3) is 11.3 Å². The van der Waals surface area contributed by atoms with Crippen molar-refractivity contribution in [2.24, 2.45) is 0 Å². The zero-order chi connectivity index (χ0) is 16.9. The van der Waals surface area contributed by atoms with Gasteiger partial charge in [-0.3, -0.25) is 4.68 Å². The summed E-state index contributed by atoms with van der Waals surface area (Å²) in [5.74, 6) is 0.427. The first-order valence-electron chi connectivity index (χ1n) is 8.44. The molecule has 5 heteroatoms. The monoisotopic (exact) mass is 324 g/mol. The lowest BCUT2D eigenvalue weighted by Gasteiger charge is -2.29. The Bertz CT molecular complexity index is 747. The Kier molecular flexibility index (Phi) is 4.99. The molecule has 2 heterocycles. The summed E-state index contributed by atoms with van der Waals surface area (Å²) in [6.07, 6.45) is 9.76. The van der Waals surface area contributed by atoms with Gasteiger partial charge in [-0.05, 0) is 50.6 Å². The lowest BCUT2D eigenvalue weighted by molar-refractivity contribution is 0.235. The van der Waals surface area contributed by atoms with Crippen LogP contribution in [0.3, 0.4) is 0 Å². The fourth-order valence-electron chi connectivity index (χ4n) is 2.92. The standard InChI is InChI=1S/C19H24N4O/c1-15-8-3-4-9-17(15)18-14-23(21-20-18)13-6-5-11-22-12-7-10-19(24)16(22)2/h3-4,7-10,12,14,16,24H,5-6,11,13H2,1-2H3. The molecule has 0 bridgehead atoms. The highest BCUT2D eigenvalue weighted by Crippen LogP contribution is 2.20. The first-order valence-corrected chi connectivity index (χ1v) is 8.44. The minimum absolute atomic E-state index is 0.0639. The molecule has 2 aromatic rings. The van der Waals surface area contributed by atoms with E-state index < -0.39 is 0 Å². The predicted molar refractivity (Wildman–Crippen MR) is 95.4 cm³/mol. The number of hydrogen-bond acceptors (Lipinski definition) is 4. The molecule has 0 aliphatic carbocycles. The maximum Gasteiger partial charge on any atom is 0.114 e. The Hall–Kier alpha value is -2.56. The van der Waals surface area contributed by atoms with Crippen molar-refractivity contribution >= 4 is 0 Å². The van der Waals surface area contributed by atoms with Gasteiger partial charge >= 0.3 is 0 Å². The Morgan fingerprint density at radius 2 is 1.96 bits per heavy atom. The first-order chi connectivity index (χ1) is 11.6. The van der Waals surface area contributed by atoms with Gasteiger partial charge in [0.15, 0.2) is 0 Å². The van der Waals surface area contributed by atoms with Crippen LogP contribution in [0.5, 0.6) is 0 Å². The minimum Gasteiger partial charge on any atom is -0.510 e. The van der Waals surface area contributed by atoms with Crippen LogP contribution in [0.2, 0.25) is 0 Å². The molecule has 1 aliphatic rings. The smallest absolute Gasteiger partial charge is 0.114 e. The molecule has 0 spiro atoms. The molecule has 0 radical (unpaired) electrons. The SMILES string of the molecule is Cc1ccccc1-c1cn(CCCCN2C=CC=C(O)C2C)nn1. The van der Waals surface area contributed by atoms with Gasteiger partial charge in [-0.25, -0.2) is 0 Å². The summed E-state index contributed by atoms with van der Waals surface area (Å²) in [6, 6.07) is 8.29. The van der Waals surface area contributed by atoms with Crippen molar-refractivity contribution in [2.45, 2.75) is 39.3 Å². The maximum absolute atomic E-state index is 9.76. The summed E-state index contributed by atoms with van der Waals surface area (Å²) < 4.78 is 1.91. The molecule has 0 saturated carbocycles. The van der Waals surface area contributed by atoms with E-state index in [-0.39, 0.29) is 6.04 Å². The number of rotatable bonds is 6. The van der Waals surface area contributed by atoms with E-state index in [2.05, 4.69) is 34.3 Å². The average Bonchev–Trinajstić information content (AvgIpc) is 3.04. The van der Waals surface area contributed by atoms with Gasteiger partial charge in [-0.15, -0.1) is 5.10 Å². The molecule has 1 unspecified atom stereocenters. The summed E-state index contributed by atoms with van der Waals surface area (Å²) in [7, 11) is 0. The molecule has 0 fully saturated rings. The summed E-state index contributed by atoms with van der Waals surface area (Å²) in [6.45, 7) is 5.88. The molecule has 126 valence electrons. The van der Waals surface area contributed by atoms with Gasteiger partial charge in [-0.2, -0.15) is 0 Å². The predicted octanol–water partition coefficient (Wildman–Crippen LogP) is 3.69. The summed E-state index contributed by atoms with van der Waals surface area (Å²) >= 11 is 0. The second-order valence-corrected chi connectivity index (χ2v) is 6.24. The molecule has 1 aromatic carbocycles. The van der Waals surface area contributed by atoms with Crippen LogP contribution >= 0.6 is 0 Å². The van der Waals surface area contributed by atoms with Crippen LogP contribution in [0, 0.1) is 6.92 Å². The van der Waals surface area contributed by atoms with Crippen molar-refractivity contribution in [1.29, 1.82) is 0 Å². The van der Waals surface area contributed by atoms with Crippen molar-refractivity contribution in [3.05, 3.63) is 60.1 Å². The van der Waals surface area contributed by atoms with Gasteiger partial charge in [-0.1, -0.05) is 29.5 Å². The van der Waals surface area contributed by atoms with Crippen LogP contribution in [0.1, 0.15) is 25.3 Å². The van der Waals surface area contributed by atoms with E-state index in [0.717, 1.165) is 37.2 Å². The number of nitrogens with zero attached hydrogens (tertiary/aromatic N) is 4. The Labute approximate surface area is 142 Å². The maximum atomic E-state index is 9.76. The Morgan fingerprint density at radius 1 is 1.17 bits per heavy atom. The lowest BCUT2D eigenvalue weighted by Crippen LogP contribution is -2.32. The van der Waals surface area contributed by atoms with E-state index in [1.165, 1.54) is 5.56 Å². The summed E-state index contributed by atoms with van der Waals surface area (Å²) in [4.78, 5) is 2.16. The Balaban J connectivity index is 1.49. The number of aliphatic hydroxyl groups is 1. The van der Waals surface area contributed by atoms with Crippen molar-refractivity contribution in [2.75, 3.05) is 6.54 Å².